The lowest BCUT2D eigenvalue weighted by Gasteiger charge is -2.42. The van der Waals surface area contributed by atoms with Crippen LogP contribution in [-0.2, 0) is 0 Å². The summed E-state index contributed by atoms with van der Waals surface area (Å²) >= 11 is 3.71. The number of halogens is 1. The van der Waals surface area contributed by atoms with E-state index in [4.69, 9.17) is 13.9 Å². The molecule has 0 aliphatic heterocycles. The van der Waals surface area contributed by atoms with Gasteiger partial charge in [-0.15, -0.1) is 0 Å². The first-order chi connectivity index (χ1) is 11.6. The number of ether oxygens (including phenoxy) is 2. The second kappa shape index (κ2) is 9.31. The van der Waals surface area contributed by atoms with Gasteiger partial charge in [-0.1, -0.05) is 41.5 Å². The molecule has 0 saturated heterocycles. The van der Waals surface area contributed by atoms with Crippen LogP contribution in [0.2, 0.25) is 16.6 Å². The summed E-state index contributed by atoms with van der Waals surface area (Å²) in [6, 6.07) is 2.01. The second-order valence-electron chi connectivity index (χ2n) is 7.43. The first-order valence-corrected chi connectivity index (χ1v) is 12.3. The molecule has 1 aromatic carbocycles. The van der Waals surface area contributed by atoms with E-state index in [1.54, 1.807) is 0 Å². The van der Waals surface area contributed by atoms with Crippen LogP contribution in [0, 0.1) is 6.92 Å². The van der Waals surface area contributed by atoms with Crippen molar-refractivity contribution >= 4 is 24.2 Å². The fourth-order valence-electron chi connectivity index (χ4n) is 3.93. The van der Waals surface area contributed by atoms with Crippen LogP contribution in [0.1, 0.15) is 61.0 Å². The Labute approximate surface area is 163 Å². The molecule has 0 aromatic heterocycles. The maximum Gasteiger partial charge on any atom is 0.258 e. The Hall–Kier alpha value is -0.683. The molecule has 144 valence electrons. The quantitative estimate of drug-likeness (QED) is 0.390. The van der Waals surface area contributed by atoms with Crippen molar-refractivity contribution in [3.63, 3.8) is 0 Å². The van der Waals surface area contributed by atoms with Gasteiger partial charge in [0, 0.05) is 5.56 Å². The highest BCUT2D eigenvalue weighted by atomic mass is 79.9. The lowest BCUT2D eigenvalue weighted by molar-refractivity contribution is 0.307. The molecule has 0 aliphatic rings. The molecule has 0 heterocycles. The zero-order valence-electron chi connectivity index (χ0n) is 17.3. The first-order valence-electron chi connectivity index (χ1n) is 9.40. The smallest absolute Gasteiger partial charge is 0.258 e. The molecule has 0 radical (unpaired) electrons. The Kier molecular flexibility index (Phi) is 8.33. The van der Waals surface area contributed by atoms with Crippen molar-refractivity contribution in [2.75, 3.05) is 13.2 Å². The average Bonchev–Trinajstić information content (AvgIpc) is 2.51. The lowest BCUT2D eigenvalue weighted by atomic mass is 10.2. The Morgan fingerprint density at radius 1 is 0.880 bits per heavy atom. The summed E-state index contributed by atoms with van der Waals surface area (Å²) in [5, 5.41) is 0. The first kappa shape index (κ1) is 22.4. The van der Waals surface area contributed by atoms with E-state index in [1.807, 2.05) is 26.8 Å². The summed E-state index contributed by atoms with van der Waals surface area (Å²) in [5.41, 5.74) is 2.50. The van der Waals surface area contributed by atoms with Gasteiger partial charge in [0.1, 0.15) is 5.75 Å². The summed E-state index contributed by atoms with van der Waals surface area (Å²) in [6.45, 7) is 21.0. The third-order valence-electron chi connectivity index (χ3n) is 4.97. The summed E-state index contributed by atoms with van der Waals surface area (Å²) in [5.74, 6) is 2.49. The van der Waals surface area contributed by atoms with E-state index in [0.717, 1.165) is 27.3 Å². The van der Waals surface area contributed by atoms with Crippen molar-refractivity contribution in [2.45, 2.75) is 78.9 Å². The molecule has 5 heteroatoms. The summed E-state index contributed by atoms with van der Waals surface area (Å²) in [4.78, 5) is 0. The zero-order valence-corrected chi connectivity index (χ0v) is 19.9. The van der Waals surface area contributed by atoms with Gasteiger partial charge in [0.2, 0.25) is 0 Å². The van der Waals surface area contributed by atoms with Crippen molar-refractivity contribution in [1.82, 2.24) is 0 Å². The van der Waals surface area contributed by atoms with Crippen molar-refractivity contribution < 1.29 is 13.9 Å². The van der Waals surface area contributed by atoms with E-state index < -0.39 is 8.32 Å². The topological polar surface area (TPSA) is 27.7 Å². The third kappa shape index (κ3) is 4.54. The molecule has 3 nitrogen and oxygen atoms in total. The van der Waals surface area contributed by atoms with Crippen LogP contribution < -0.4 is 13.9 Å². The highest BCUT2D eigenvalue weighted by Gasteiger charge is 2.48. The maximum absolute atomic E-state index is 6.93. The molecule has 0 saturated carbocycles. The number of hydrogen-bond donors (Lipinski definition) is 0. The van der Waals surface area contributed by atoms with E-state index >= 15 is 0 Å². The van der Waals surface area contributed by atoms with Crippen LogP contribution in [0.15, 0.2) is 10.5 Å². The number of hydrogen-bond acceptors (Lipinski definition) is 3. The minimum absolute atomic E-state index is 0.501. The zero-order chi connectivity index (χ0) is 19.4. The van der Waals surface area contributed by atoms with Crippen LogP contribution in [0.3, 0.4) is 0 Å². The predicted octanol–water partition coefficient (Wildman–Crippen LogP) is 7.11. The minimum atomic E-state index is -2.07. The van der Waals surface area contributed by atoms with Gasteiger partial charge < -0.3 is 13.9 Å². The van der Waals surface area contributed by atoms with Gasteiger partial charge in [-0.05, 0) is 59.4 Å². The van der Waals surface area contributed by atoms with Crippen LogP contribution in [-0.4, -0.2) is 21.5 Å². The lowest BCUT2D eigenvalue weighted by Crippen LogP contribution is -2.50. The molecule has 0 amide bonds. The SMILES string of the molecule is CCOc1cc(Br)c(O[Si](C(C)C)(C(C)C)C(C)C)c(OCC)c1C. The summed E-state index contributed by atoms with van der Waals surface area (Å²) in [7, 11) is -2.07. The fraction of sp³-hybridized carbons (Fsp3) is 0.700. The average molecular weight is 431 g/mol. The maximum atomic E-state index is 6.93. The molecular weight excluding hydrogens is 396 g/mol. The van der Waals surface area contributed by atoms with Crippen molar-refractivity contribution in [3.8, 4) is 17.2 Å². The summed E-state index contributed by atoms with van der Waals surface area (Å²) < 4.78 is 19.6. The normalized spacial score (nSPS) is 12.2. The molecule has 1 aromatic rings. The van der Waals surface area contributed by atoms with Gasteiger partial charge in [0.25, 0.3) is 8.32 Å². The summed E-state index contributed by atoms with van der Waals surface area (Å²) in [6.07, 6.45) is 0. The highest BCUT2D eigenvalue weighted by molar-refractivity contribution is 9.10. The Morgan fingerprint density at radius 3 is 1.76 bits per heavy atom. The van der Waals surface area contributed by atoms with E-state index in [-0.39, 0.29) is 0 Å². The molecule has 0 fully saturated rings. The highest BCUT2D eigenvalue weighted by Crippen LogP contribution is 2.49. The van der Waals surface area contributed by atoms with Gasteiger partial charge in [0.15, 0.2) is 11.5 Å². The fourth-order valence-corrected chi connectivity index (χ4v) is 9.81. The van der Waals surface area contributed by atoms with E-state index in [9.17, 15) is 0 Å². The Balaban J connectivity index is 3.56. The predicted molar refractivity (Wildman–Crippen MR) is 113 cm³/mol. The minimum Gasteiger partial charge on any atom is -0.539 e. The monoisotopic (exact) mass is 430 g/mol. The van der Waals surface area contributed by atoms with E-state index in [1.165, 1.54) is 0 Å². The standard InChI is InChI=1S/C20H35BrO3Si/c1-10-22-18-12-17(21)20(19(16(18)9)23-11-2)24-25(13(3)4,14(5)6)15(7)8/h12-15H,10-11H2,1-9H3. The molecular formula is C20H35BrO3Si. The van der Waals surface area contributed by atoms with Gasteiger partial charge in [-0.3, -0.25) is 0 Å². The largest absolute Gasteiger partial charge is 0.539 e. The van der Waals surface area contributed by atoms with Gasteiger partial charge >= 0.3 is 0 Å². The van der Waals surface area contributed by atoms with Crippen LogP contribution in [0.4, 0.5) is 0 Å². The molecule has 0 aliphatic carbocycles. The van der Waals surface area contributed by atoms with Crippen LogP contribution in [0.25, 0.3) is 0 Å². The molecule has 0 bridgehead atoms. The van der Waals surface area contributed by atoms with E-state index in [0.29, 0.717) is 29.8 Å². The molecule has 0 atom stereocenters. The van der Waals surface area contributed by atoms with Crippen molar-refractivity contribution in [2.24, 2.45) is 0 Å². The molecule has 1 rings (SSSR count). The van der Waals surface area contributed by atoms with Crippen LogP contribution in [0.5, 0.6) is 17.2 Å². The second-order valence-corrected chi connectivity index (χ2v) is 13.7. The Morgan fingerprint density at radius 2 is 1.36 bits per heavy atom. The van der Waals surface area contributed by atoms with Crippen LogP contribution >= 0.6 is 15.9 Å². The molecule has 0 N–H and O–H groups in total. The number of benzene rings is 1. The Bertz CT molecular complexity index is 549. The molecule has 0 spiro atoms. The number of rotatable bonds is 9. The third-order valence-corrected chi connectivity index (χ3v) is 11.5. The van der Waals surface area contributed by atoms with Crippen molar-refractivity contribution in [1.29, 1.82) is 0 Å². The van der Waals surface area contributed by atoms with E-state index in [2.05, 4.69) is 57.5 Å². The van der Waals surface area contributed by atoms with Gasteiger partial charge in [-0.25, -0.2) is 0 Å². The molecule has 0 unspecified atom stereocenters. The van der Waals surface area contributed by atoms with Crippen molar-refractivity contribution in [3.05, 3.63) is 16.1 Å². The molecule has 25 heavy (non-hydrogen) atoms. The van der Waals surface area contributed by atoms with Gasteiger partial charge in [0.05, 0.1) is 17.7 Å². The van der Waals surface area contributed by atoms with Gasteiger partial charge in [-0.2, -0.15) is 0 Å².